The van der Waals surface area contributed by atoms with Gasteiger partial charge < -0.3 is 19.9 Å². The first kappa shape index (κ1) is 19.5. The van der Waals surface area contributed by atoms with Gasteiger partial charge in [0.15, 0.2) is 0 Å². The van der Waals surface area contributed by atoms with E-state index in [4.69, 9.17) is 14.6 Å². The molecule has 0 aliphatic rings. The number of aryl methyl sites for hydroxylation is 1. The molecule has 138 valence electrons. The van der Waals surface area contributed by atoms with Crippen molar-refractivity contribution in [1.82, 2.24) is 5.32 Å². The Bertz CT molecular complexity index is 755. The van der Waals surface area contributed by atoms with Gasteiger partial charge >= 0.3 is 5.97 Å². The third kappa shape index (κ3) is 5.60. The lowest BCUT2D eigenvalue weighted by Gasteiger charge is -2.13. The fourth-order valence-electron chi connectivity index (χ4n) is 2.34. The Morgan fingerprint density at radius 3 is 2.38 bits per heavy atom. The zero-order chi connectivity index (χ0) is 18.9. The predicted octanol–water partition coefficient (Wildman–Crippen LogP) is 3.04. The molecule has 0 unspecified atom stereocenters. The monoisotopic (exact) mass is 357 g/mol. The van der Waals surface area contributed by atoms with E-state index >= 15 is 0 Å². The molecule has 0 bridgehead atoms. The van der Waals surface area contributed by atoms with Crippen molar-refractivity contribution >= 4 is 11.9 Å². The van der Waals surface area contributed by atoms with Gasteiger partial charge in [-0.05, 0) is 49.7 Å². The highest BCUT2D eigenvalue weighted by Crippen LogP contribution is 2.20. The minimum absolute atomic E-state index is 0.144. The van der Waals surface area contributed by atoms with Crippen molar-refractivity contribution in [2.45, 2.75) is 20.4 Å². The zero-order valence-corrected chi connectivity index (χ0v) is 15.0. The Morgan fingerprint density at radius 2 is 1.73 bits per heavy atom. The molecule has 0 saturated heterocycles. The number of hydrogen-bond donors (Lipinski definition) is 2. The Labute approximate surface area is 152 Å². The molecule has 0 aliphatic carbocycles. The van der Waals surface area contributed by atoms with E-state index in [1.807, 2.05) is 32.0 Å². The number of benzene rings is 2. The summed E-state index contributed by atoms with van der Waals surface area (Å²) in [7, 11) is 0. The van der Waals surface area contributed by atoms with Gasteiger partial charge in [-0.15, -0.1) is 0 Å². The number of nitrogens with one attached hydrogen (secondary N) is 1. The van der Waals surface area contributed by atoms with Gasteiger partial charge in [0.2, 0.25) is 0 Å². The van der Waals surface area contributed by atoms with Crippen LogP contribution in [0, 0.1) is 6.92 Å². The molecule has 1 amide bonds. The molecule has 6 nitrogen and oxygen atoms in total. The van der Waals surface area contributed by atoms with Crippen LogP contribution >= 0.6 is 0 Å². The van der Waals surface area contributed by atoms with E-state index in [0.717, 1.165) is 11.1 Å². The van der Waals surface area contributed by atoms with Crippen LogP contribution in [0.3, 0.4) is 0 Å². The van der Waals surface area contributed by atoms with Crippen molar-refractivity contribution in [1.29, 1.82) is 0 Å². The van der Waals surface area contributed by atoms with Crippen molar-refractivity contribution in [3.05, 3.63) is 64.7 Å². The minimum Gasteiger partial charge on any atom is -0.491 e. The molecule has 26 heavy (non-hydrogen) atoms. The molecule has 6 heteroatoms. The van der Waals surface area contributed by atoms with E-state index in [2.05, 4.69) is 5.32 Å². The first-order chi connectivity index (χ1) is 12.5. The van der Waals surface area contributed by atoms with Crippen LogP contribution in [0.1, 0.15) is 38.8 Å². The molecule has 2 aromatic rings. The van der Waals surface area contributed by atoms with Gasteiger partial charge in [0.05, 0.1) is 12.2 Å². The second-order valence-corrected chi connectivity index (χ2v) is 5.72. The molecular weight excluding hydrogens is 334 g/mol. The maximum atomic E-state index is 12.3. The van der Waals surface area contributed by atoms with Crippen molar-refractivity contribution in [3.63, 3.8) is 0 Å². The normalized spacial score (nSPS) is 10.4. The number of aromatic carboxylic acids is 1. The van der Waals surface area contributed by atoms with E-state index in [-0.39, 0.29) is 11.5 Å². The summed E-state index contributed by atoms with van der Waals surface area (Å²) >= 11 is 0. The van der Waals surface area contributed by atoms with Crippen LogP contribution in [0.15, 0.2) is 42.5 Å². The highest BCUT2D eigenvalue weighted by Gasteiger charge is 2.10. The summed E-state index contributed by atoms with van der Waals surface area (Å²) in [4.78, 5) is 23.1. The number of carboxylic acids is 1. The smallest absolute Gasteiger partial charge is 0.335 e. The largest absolute Gasteiger partial charge is 0.491 e. The summed E-state index contributed by atoms with van der Waals surface area (Å²) < 4.78 is 11.0. The van der Waals surface area contributed by atoms with Gasteiger partial charge in [-0.1, -0.05) is 12.1 Å². The van der Waals surface area contributed by atoms with Crippen LogP contribution in [-0.4, -0.2) is 36.8 Å². The van der Waals surface area contributed by atoms with Crippen molar-refractivity contribution in [3.8, 4) is 5.75 Å². The van der Waals surface area contributed by atoms with E-state index < -0.39 is 5.97 Å². The molecule has 0 aromatic heterocycles. The quantitative estimate of drug-likeness (QED) is 0.674. The second-order valence-electron chi connectivity index (χ2n) is 5.72. The highest BCUT2D eigenvalue weighted by atomic mass is 16.5. The number of ether oxygens (including phenoxy) is 2. The van der Waals surface area contributed by atoms with Gasteiger partial charge in [-0.2, -0.15) is 0 Å². The molecule has 0 heterocycles. The maximum absolute atomic E-state index is 12.3. The van der Waals surface area contributed by atoms with Gasteiger partial charge in [-0.3, -0.25) is 4.79 Å². The third-order valence-electron chi connectivity index (χ3n) is 3.75. The molecule has 0 atom stereocenters. The highest BCUT2D eigenvalue weighted by molar-refractivity contribution is 5.95. The first-order valence-corrected chi connectivity index (χ1v) is 8.43. The van der Waals surface area contributed by atoms with Crippen molar-refractivity contribution in [2.75, 3.05) is 19.8 Å². The maximum Gasteiger partial charge on any atom is 0.335 e. The Morgan fingerprint density at radius 1 is 1.04 bits per heavy atom. The Kier molecular flexibility index (Phi) is 7.17. The van der Waals surface area contributed by atoms with Crippen LogP contribution < -0.4 is 10.1 Å². The van der Waals surface area contributed by atoms with E-state index in [9.17, 15) is 9.59 Å². The number of hydrogen-bond acceptors (Lipinski definition) is 4. The predicted molar refractivity (Wildman–Crippen MR) is 97.7 cm³/mol. The minimum atomic E-state index is -1.02. The average molecular weight is 357 g/mol. The van der Waals surface area contributed by atoms with Gasteiger partial charge in [-0.25, -0.2) is 4.79 Å². The number of carbonyl (C=O) groups is 2. The number of amides is 1. The van der Waals surface area contributed by atoms with Crippen LogP contribution in [-0.2, 0) is 11.3 Å². The topological polar surface area (TPSA) is 84.9 Å². The lowest BCUT2D eigenvalue weighted by atomic mass is 10.1. The number of rotatable bonds is 9. The summed E-state index contributed by atoms with van der Waals surface area (Å²) in [5.74, 6) is -0.584. The number of carbonyl (C=O) groups excluding carboxylic acids is 1. The third-order valence-corrected chi connectivity index (χ3v) is 3.75. The Hall–Kier alpha value is -2.86. The molecule has 0 radical (unpaired) electrons. The first-order valence-electron chi connectivity index (χ1n) is 8.43. The van der Waals surface area contributed by atoms with E-state index in [1.165, 1.54) is 24.3 Å². The molecule has 0 spiro atoms. The lowest BCUT2D eigenvalue weighted by Crippen LogP contribution is -2.23. The molecule has 2 aromatic carbocycles. The van der Waals surface area contributed by atoms with Crippen LogP contribution in [0.2, 0.25) is 0 Å². The van der Waals surface area contributed by atoms with Crippen molar-refractivity contribution < 1.29 is 24.2 Å². The summed E-state index contributed by atoms with van der Waals surface area (Å²) in [5.41, 5.74) is 2.48. The van der Waals surface area contributed by atoms with Gasteiger partial charge in [0, 0.05) is 24.3 Å². The average Bonchev–Trinajstić information content (AvgIpc) is 2.64. The Balaban J connectivity index is 1.99. The van der Waals surface area contributed by atoms with E-state index in [0.29, 0.717) is 37.7 Å². The lowest BCUT2D eigenvalue weighted by molar-refractivity contribution is 0.0696. The molecule has 2 N–H and O–H groups in total. The number of carboxylic acid groups (broad SMARTS) is 1. The van der Waals surface area contributed by atoms with Crippen LogP contribution in [0.5, 0.6) is 5.75 Å². The van der Waals surface area contributed by atoms with Crippen LogP contribution in [0.25, 0.3) is 0 Å². The standard InChI is InChI=1S/C20H23NO5/c1-3-25-10-11-26-18-12-14(2)4-5-17(18)13-21-19(22)15-6-8-16(9-7-15)20(23)24/h4-9,12H,3,10-11,13H2,1-2H3,(H,21,22)(H,23,24). The summed E-state index contributed by atoms with van der Waals surface area (Å²) in [5, 5.41) is 11.7. The molecule has 0 fully saturated rings. The summed E-state index contributed by atoms with van der Waals surface area (Å²) in [6.07, 6.45) is 0. The molecule has 0 saturated carbocycles. The molecular formula is C20H23NO5. The van der Waals surface area contributed by atoms with Crippen LogP contribution in [0.4, 0.5) is 0 Å². The van der Waals surface area contributed by atoms with E-state index in [1.54, 1.807) is 0 Å². The zero-order valence-electron chi connectivity index (χ0n) is 15.0. The molecule has 0 aliphatic heterocycles. The van der Waals surface area contributed by atoms with Gasteiger partial charge in [0.1, 0.15) is 12.4 Å². The molecule has 2 rings (SSSR count). The second kappa shape index (κ2) is 9.58. The van der Waals surface area contributed by atoms with Gasteiger partial charge in [0.25, 0.3) is 5.91 Å². The fourth-order valence-corrected chi connectivity index (χ4v) is 2.34. The summed E-state index contributed by atoms with van der Waals surface area (Å²) in [6, 6.07) is 11.6. The SMILES string of the molecule is CCOCCOc1cc(C)ccc1CNC(=O)c1ccc(C(=O)O)cc1. The van der Waals surface area contributed by atoms with Crippen molar-refractivity contribution in [2.24, 2.45) is 0 Å². The summed E-state index contributed by atoms with van der Waals surface area (Å²) in [6.45, 7) is 5.80. The fraction of sp³-hybridized carbons (Fsp3) is 0.300.